The molecule has 0 radical (unpaired) electrons. The number of nitrogens with zero attached hydrogens (tertiary/aromatic N) is 3. The third-order valence-electron chi connectivity index (χ3n) is 2.86. The van der Waals surface area contributed by atoms with Crippen LogP contribution in [0.15, 0.2) is 30.6 Å². The van der Waals surface area contributed by atoms with Crippen molar-refractivity contribution in [2.75, 3.05) is 31.1 Å². The summed E-state index contributed by atoms with van der Waals surface area (Å²) in [5, 5.41) is 7.70. The number of anilines is 1. The first-order valence-electron chi connectivity index (χ1n) is 5.33. The van der Waals surface area contributed by atoms with Gasteiger partial charge in [0.2, 0.25) is 0 Å². The third kappa shape index (κ3) is 1.47. The lowest BCUT2D eigenvalue weighted by molar-refractivity contribution is 0.590. The Balaban J connectivity index is 2.02. The van der Waals surface area contributed by atoms with Gasteiger partial charge in [-0.15, -0.1) is 0 Å². The summed E-state index contributed by atoms with van der Waals surface area (Å²) in [7, 11) is 0. The highest BCUT2D eigenvalue weighted by atomic mass is 15.3. The van der Waals surface area contributed by atoms with Crippen LogP contribution in [0.3, 0.4) is 0 Å². The molecule has 3 rings (SSSR count). The molecule has 4 heteroatoms. The smallest absolute Gasteiger partial charge is 0.0895 e. The van der Waals surface area contributed by atoms with E-state index >= 15 is 0 Å². The molecule has 2 aromatic rings. The highest BCUT2D eigenvalue weighted by molar-refractivity contribution is 5.72. The van der Waals surface area contributed by atoms with E-state index < -0.39 is 0 Å². The molecule has 0 unspecified atom stereocenters. The van der Waals surface area contributed by atoms with Gasteiger partial charge in [-0.1, -0.05) is 6.07 Å². The van der Waals surface area contributed by atoms with Crippen molar-refractivity contribution in [1.29, 1.82) is 0 Å². The molecule has 1 aliphatic rings. The number of piperazine rings is 1. The quantitative estimate of drug-likeness (QED) is 0.740. The van der Waals surface area contributed by atoms with Gasteiger partial charge in [-0.2, -0.15) is 5.10 Å². The van der Waals surface area contributed by atoms with Crippen LogP contribution in [-0.2, 0) is 0 Å². The molecule has 0 aromatic carbocycles. The van der Waals surface area contributed by atoms with Gasteiger partial charge in [0.05, 0.1) is 17.4 Å². The van der Waals surface area contributed by atoms with Crippen LogP contribution < -0.4 is 10.2 Å². The van der Waals surface area contributed by atoms with E-state index in [1.807, 2.05) is 23.0 Å². The number of hydrogen-bond acceptors (Lipinski definition) is 3. The molecule has 4 nitrogen and oxygen atoms in total. The number of nitrogens with one attached hydrogen (secondary N) is 1. The van der Waals surface area contributed by atoms with Gasteiger partial charge in [0, 0.05) is 32.4 Å². The van der Waals surface area contributed by atoms with E-state index in [0.29, 0.717) is 0 Å². The molecule has 3 heterocycles. The van der Waals surface area contributed by atoms with E-state index in [-0.39, 0.29) is 0 Å². The minimum absolute atomic E-state index is 1.06. The Morgan fingerprint density at radius 1 is 1.20 bits per heavy atom. The number of aromatic nitrogens is 2. The van der Waals surface area contributed by atoms with E-state index in [0.717, 1.165) is 26.2 Å². The van der Waals surface area contributed by atoms with Gasteiger partial charge in [0.1, 0.15) is 0 Å². The molecule has 0 saturated carbocycles. The van der Waals surface area contributed by atoms with Crippen LogP contribution >= 0.6 is 0 Å². The minimum Gasteiger partial charge on any atom is -0.366 e. The lowest BCUT2D eigenvalue weighted by Crippen LogP contribution is -2.43. The summed E-state index contributed by atoms with van der Waals surface area (Å²) in [4.78, 5) is 2.39. The second-order valence-electron chi connectivity index (χ2n) is 3.80. The number of pyridine rings is 1. The molecule has 0 atom stereocenters. The third-order valence-corrected chi connectivity index (χ3v) is 2.86. The number of hydrogen-bond donors (Lipinski definition) is 1. The van der Waals surface area contributed by atoms with Crippen molar-refractivity contribution in [2.45, 2.75) is 0 Å². The minimum atomic E-state index is 1.06. The molecule has 15 heavy (non-hydrogen) atoms. The summed E-state index contributed by atoms with van der Waals surface area (Å²) < 4.78 is 1.93. The van der Waals surface area contributed by atoms with Crippen molar-refractivity contribution in [2.24, 2.45) is 0 Å². The summed E-state index contributed by atoms with van der Waals surface area (Å²) in [6.07, 6.45) is 3.95. The van der Waals surface area contributed by atoms with Crippen molar-refractivity contribution in [3.05, 3.63) is 30.6 Å². The van der Waals surface area contributed by atoms with E-state index in [4.69, 9.17) is 0 Å². The van der Waals surface area contributed by atoms with Gasteiger partial charge in [0.25, 0.3) is 0 Å². The number of fused-ring (bicyclic) bond motifs is 1. The van der Waals surface area contributed by atoms with Gasteiger partial charge in [-0.05, 0) is 12.1 Å². The first-order valence-corrected chi connectivity index (χ1v) is 5.33. The molecule has 78 valence electrons. The Bertz CT molecular complexity index is 456. The maximum absolute atomic E-state index is 4.35. The van der Waals surface area contributed by atoms with Crippen LogP contribution in [0.25, 0.3) is 5.52 Å². The van der Waals surface area contributed by atoms with Crippen LogP contribution in [0, 0.1) is 0 Å². The molecular formula is C11H14N4. The fourth-order valence-electron chi connectivity index (χ4n) is 2.07. The highest BCUT2D eigenvalue weighted by Gasteiger charge is 2.14. The van der Waals surface area contributed by atoms with Gasteiger partial charge in [-0.3, -0.25) is 0 Å². The lowest BCUT2D eigenvalue weighted by atomic mass is 10.3. The zero-order valence-electron chi connectivity index (χ0n) is 8.56. The van der Waals surface area contributed by atoms with Crippen LogP contribution in [-0.4, -0.2) is 35.8 Å². The fraction of sp³-hybridized carbons (Fsp3) is 0.364. The van der Waals surface area contributed by atoms with Gasteiger partial charge in [-0.25, -0.2) is 4.52 Å². The van der Waals surface area contributed by atoms with Gasteiger partial charge >= 0.3 is 0 Å². The second kappa shape index (κ2) is 3.55. The fourth-order valence-corrected chi connectivity index (χ4v) is 2.07. The van der Waals surface area contributed by atoms with Gasteiger partial charge in [0.15, 0.2) is 0 Å². The molecule has 0 spiro atoms. The maximum atomic E-state index is 4.35. The van der Waals surface area contributed by atoms with Crippen LogP contribution in [0.2, 0.25) is 0 Å². The van der Waals surface area contributed by atoms with Gasteiger partial charge < -0.3 is 10.2 Å². The first kappa shape index (κ1) is 8.73. The topological polar surface area (TPSA) is 32.6 Å². The predicted octanol–water partition coefficient (Wildman–Crippen LogP) is 0.744. The average Bonchev–Trinajstić information content (AvgIpc) is 2.74. The van der Waals surface area contributed by atoms with Crippen molar-refractivity contribution in [3.8, 4) is 0 Å². The summed E-state index contributed by atoms with van der Waals surface area (Å²) in [6.45, 7) is 4.25. The summed E-state index contributed by atoms with van der Waals surface area (Å²) in [6, 6.07) is 6.18. The number of rotatable bonds is 1. The summed E-state index contributed by atoms with van der Waals surface area (Å²) in [5.41, 5.74) is 2.44. The zero-order valence-corrected chi connectivity index (χ0v) is 8.56. The predicted molar refractivity (Wildman–Crippen MR) is 60.3 cm³/mol. The largest absolute Gasteiger partial charge is 0.366 e. The van der Waals surface area contributed by atoms with Crippen LogP contribution in [0.4, 0.5) is 5.69 Å². The first-order chi connectivity index (χ1) is 7.45. The normalized spacial score (nSPS) is 17.2. The molecule has 1 N–H and O–H groups in total. The highest BCUT2D eigenvalue weighted by Crippen LogP contribution is 2.20. The van der Waals surface area contributed by atoms with Crippen molar-refractivity contribution in [1.82, 2.24) is 14.9 Å². The Morgan fingerprint density at radius 3 is 2.93 bits per heavy atom. The molecule has 2 aromatic heterocycles. The van der Waals surface area contributed by atoms with E-state index in [2.05, 4.69) is 27.4 Å². The standard InChI is InChI=1S/C11H14N4/c1-2-6-15-10(3-1)11(9-13-15)14-7-4-12-5-8-14/h1-3,6,9,12H,4-5,7-8H2. The molecular weight excluding hydrogens is 188 g/mol. The molecule has 0 amide bonds. The van der Waals surface area contributed by atoms with Crippen molar-refractivity contribution in [3.63, 3.8) is 0 Å². The van der Waals surface area contributed by atoms with Crippen molar-refractivity contribution < 1.29 is 0 Å². The molecule has 1 aliphatic heterocycles. The van der Waals surface area contributed by atoms with Crippen LogP contribution in [0.5, 0.6) is 0 Å². The Kier molecular flexibility index (Phi) is 2.07. The Labute approximate surface area is 88.5 Å². The molecule has 1 saturated heterocycles. The molecule has 1 fully saturated rings. The SMILES string of the molecule is c1ccn2ncc(N3CCNCC3)c2c1. The lowest BCUT2D eigenvalue weighted by Gasteiger charge is -2.28. The van der Waals surface area contributed by atoms with E-state index in [1.165, 1.54) is 11.2 Å². The van der Waals surface area contributed by atoms with E-state index in [1.54, 1.807) is 0 Å². The Morgan fingerprint density at radius 2 is 2.07 bits per heavy atom. The zero-order chi connectivity index (χ0) is 10.1. The summed E-state index contributed by atoms with van der Waals surface area (Å²) >= 11 is 0. The second-order valence-corrected chi connectivity index (χ2v) is 3.80. The van der Waals surface area contributed by atoms with Crippen molar-refractivity contribution >= 4 is 11.2 Å². The maximum Gasteiger partial charge on any atom is 0.0895 e. The monoisotopic (exact) mass is 202 g/mol. The average molecular weight is 202 g/mol. The molecule has 0 aliphatic carbocycles. The van der Waals surface area contributed by atoms with Crippen LogP contribution in [0.1, 0.15) is 0 Å². The Hall–Kier alpha value is -1.55. The molecule has 0 bridgehead atoms. The van der Waals surface area contributed by atoms with E-state index in [9.17, 15) is 0 Å². The summed E-state index contributed by atoms with van der Waals surface area (Å²) in [5.74, 6) is 0.